The minimum absolute atomic E-state index is 0.584. The maximum atomic E-state index is 5.60. The Morgan fingerprint density at radius 1 is 0.952 bits per heavy atom. The Hall–Kier alpha value is -2.06. The summed E-state index contributed by atoms with van der Waals surface area (Å²) in [6, 6.07) is 16.7. The van der Waals surface area contributed by atoms with Crippen LogP contribution in [0.25, 0.3) is 11.1 Å². The van der Waals surface area contributed by atoms with Crippen molar-refractivity contribution in [3.8, 4) is 16.9 Å². The molecule has 21 heavy (non-hydrogen) atoms. The van der Waals surface area contributed by atoms with E-state index in [0.717, 1.165) is 18.8 Å². The fourth-order valence-corrected chi connectivity index (χ4v) is 2.02. The summed E-state index contributed by atoms with van der Waals surface area (Å²) in [6.45, 7) is 7.71. The molecule has 0 fully saturated rings. The largest absolute Gasteiger partial charge is 0.494 e. The molecular weight excluding hydrogens is 260 g/mol. The van der Waals surface area contributed by atoms with E-state index in [1.165, 1.54) is 16.7 Å². The monoisotopic (exact) mass is 282 g/mol. The number of ether oxygens (including phenoxy) is 2. The van der Waals surface area contributed by atoms with Crippen LogP contribution in [0.2, 0.25) is 0 Å². The van der Waals surface area contributed by atoms with E-state index in [4.69, 9.17) is 9.47 Å². The molecule has 0 atom stereocenters. The van der Waals surface area contributed by atoms with Crippen LogP contribution in [0, 0.1) is 0 Å². The second kappa shape index (κ2) is 8.28. The quantitative estimate of drug-likeness (QED) is 0.509. The average molecular weight is 282 g/mol. The first-order valence-electron chi connectivity index (χ1n) is 7.34. The van der Waals surface area contributed by atoms with Crippen LogP contribution in [0.1, 0.15) is 18.9 Å². The molecule has 2 rings (SSSR count). The van der Waals surface area contributed by atoms with Crippen LogP contribution in [0.4, 0.5) is 0 Å². The Labute approximate surface area is 127 Å². The van der Waals surface area contributed by atoms with E-state index in [2.05, 4.69) is 49.9 Å². The van der Waals surface area contributed by atoms with Gasteiger partial charge in [-0.2, -0.15) is 0 Å². The van der Waals surface area contributed by atoms with Crippen molar-refractivity contribution in [3.05, 3.63) is 66.7 Å². The van der Waals surface area contributed by atoms with Crippen molar-refractivity contribution in [2.45, 2.75) is 20.0 Å². The molecule has 0 bridgehead atoms. The molecule has 0 aliphatic carbocycles. The number of hydrogen-bond donors (Lipinski definition) is 0. The molecule has 110 valence electrons. The van der Waals surface area contributed by atoms with Crippen molar-refractivity contribution in [3.63, 3.8) is 0 Å². The molecule has 0 spiro atoms. The highest BCUT2D eigenvalue weighted by Crippen LogP contribution is 2.23. The zero-order chi connectivity index (χ0) is 14.9. The summed E-state index contributed by atoms with van der Waals surface area (Å²) >= 11 is 0. The van der Waals surface area contributed by atoms with Crippen LogP contribution in [0.5, 0.6) is 5.75 Å². The normalized spacial score (nSPS) is 10.3. The number of benzene rings is 2. The Balaban J connectivity index is 1.99. The van der Waals surface area contributed by atoms with Crippen LogP contribution in [-0.4, -0.2) is 13.2 Å². The van der Waals surface area contributed by atoms with Crippen molar-refractivity contribution in [2.24, 2.45) is 0 Å². The third kappa shape index (κ3) is 4.76. The van der Waals surface area contributed by atoms with Gasteiger partial charge >= 0.3 is 0 Å². The molecule has 0 N–H and O–H groups in total. The van der Waals surface area contributed by atoms with E-state index in [1.807, 2.05) is 12.1 Å². The molecule has 0 aliphatic heterocycles. The molecule has 2 heteroatoms. The minimum Gasteiger partial charge on any atom is -0.494 e. The van der Waals surface area contributed by atoms with Gasteiger partial charge in [-0.05, 0) is 35.2 Å². The lowest BCUT2D eigenvalue weighted by Crippen LogP contribution is -1.94. The zero-order valence-corrected chi connectivity index (χ0v) is 12.5. The van der Waals surface area contributed by atoms with E-state index < -0.39 is 0 Å². The highest BCUT2D eigenvalue weighted by molar-refractivity contribution is 5.64. The lowest BCUT2D eigenvalue weighted by atomic mass is 10.0. The summed E-state index contributed by atoms with van der Waals surface area (Å²) in [5.74, 6) is 0.926. The van der Waals surface area contributed by atoms with Gasteiger partial charge in [0, 0.05) is 0 Å². The third-order valence-electron chi connectivity index (χ3n) is 3.12. The summed E-state index contributed by atoms with van der Waals surface area (Å²) in [4.78, 5) is 0. The van der Waals surface area contributed by atoms with Gasteiger partial charge in [0.05, 0.1) is 19.8 Å². The van der Waals surface area contributed by atoms with Crippen molar-refractivity contribution in [1.29, 1.82) is 0 Å². The highest BCUT2D eigenvalue weighted by atomic mass is 16.5. The summed E-state index contributed by atoms with van der Waals surface area (Å²) < 4.78 is 11.0. The van der Waals surface area contributed by atoms with E-state index >= 15 is 0 Å². The summed E-state index contributed by atoms with van der Waals surface area (Å²) in [5.41, 5.74) is 3.56. The van der Waals surface area contributed by atoms with E-state index in [-0.39, 0.29) is 0 Å². The Bertz CT molecular complexity index is 541. The van der Waals surface area contributed by atoms with Crippen molar-refractivity contribution in [1.82, 2.24) is 0 Å². The van der Waals surface area contributed by atoms with Crippen molar-refractivity contribution < 1.29 is 9.47 Å². The Kier molecular flexibility index (Phi) is 6.04. The Morgan fingerprint density at radius 3 is 2.14 bits per heavy atom. The lowest BCUT2D eigenvalue weighted by molar-refractivity contribution is 0.149. The van der Waals surface area contributed by atoms with Crippen molar-refractivity contribution in [2.75, 3.05) is 13.2 Å². The predicted molar refractivity (Wildman–Crippen MR) is 87.5 cm³/mol. The molecule has 2 nitrogen and oxygen atoms in total. The highest BCUT2D eigenvalue weighted by Gasteiger charge is 2.00. The first-order chi connectivity index (χ1) is 10.3. The van der Waals surface area contributed by atoms with Gasteiger partial charge in [-0.15, -0.1) is 6.58 Å². The topological polar surface area (TPSA) is 18.5 Å². The first kappa shape index (κ1) is 15.3. The third-order valence-corrected chi connectivity index (χ3v) is 3.12. The van der Waals surface area contributed by atoms with Crippen molar-refractivity contribution >= 4 is 0 Å². The summed E-state index contributed by atoms with van der Waals surface area (Å²) in [7, 11) is 0. The molecule has 0 aliphatic rings. The summed E-state index contributed by atoms with van der Waals surface area (Å²) in [6.07, 6.45) is 2.79. The molecule has 0 unspecified atom stereocenters. The van der Waals surface area contributed by atoms with Gasteiger partial charge in [0.2, 0.25) is 0 Å². The SMILES string of the molecule is C=CCOCc1ccc(-c2ccc(OCCC)cc2)cc1. The van der Waals surface area contributed by atoms with Crippen LogP contribution in [0.3, 0.4) is 0 Å². The van der Waals surface area contributed by atoms with E-state index in [9.17, 15) is 0 Å². The molecule has 0 aromatic heterocycles. The van der Waals surface area contributed by atoms with Gasteiger partial charge in [-0.3, -0.25) is 0 Å². The molecule has 0 saturated carbocycles. The lowest BCUT2D eigenvalue weighted by Gasteiger charge is -2.07. The van der Waals surface area contributed by atoms with Crippen LogP contribution >= 0.6 is 0 Å². The van der Waals surface area contributed by atoms with Crippen LogP contribution < -0.4 is 4.74 Å². The molecule has 0 amide bonds. The van der Waals surface area contributed by atoms with Crippen LogP contribution in [0.15, 0.2) is 61.2 Å². The average Bonchev–Trinajstić information content (AvgIpc) is 2.54. The minimum atomic E-state index is 0.584. The fourth-order valence-electron chi connectivity index (χ4n) is 2.02. The smallest absolute Gasteiger partial charge is 0.119 e. The molecular formula is C19H22O2. The second-order valence-electron chi connectivity index (χ2n) is 4.87. The first-order valence-corrected chi connectivity index (χ1v) is 7.34. The van der Waals surface area contributed by atoms with E-state index in [1.54, 1.807) is 6.08 Å². The molecule has 0 radical (unpaired) electrons. The van der Waals surface area contributed by atoms with Gasteiger partial charge in [0.15, 0.2) is 0 Å². The van der Waals surface area contributed by atoms with Gasteiger partial charge < -0.3 is 9.47 Å². The number of rotatable bonds is 8. The molecule has 0 saturated heterocycles. The second-order valence-corrected chi connectivity index (χ2v) is 4.87. The fraction of sp³-hybridized carbons (Fsp3) is 0.263. The maximum Gasteiger partial charge on any atom is 0.119 e. The number of hydrogen-bond acceptors (Lipinski definition) is 2. The van der Waals surface area contributed by atoms with Gasteiger partial charge in [-0.1, -0.05) is 49.4 Å². The zero-order valence-electron chi connectivity index (χ0n) is 12.5. The van der Waals surface area contributed by atoms with Gasteiger partial charge in [0.1, 0.15) is 5.75 Å². The molecule has 0 heterocycles. The van der Waals surface area contributed by atoms with Gasteiger partial charge in [-0.25, -0.2) is 0 Å². The Morgan fingerprint density at radius 2 is 1.57 bits per heavy atom. The molecule has 2 aromatic carbocycles. The van der Waals surface area contributed by atoms with Crippen LogP contribution in [-0.2, 0) is 11.3 Å². The maximum absolute atomic E-state index is 5.60. The van der Waals surface area contributed by atoms with E-state index in [0.29, 0.717) is 13.2 Å². The van der Waals surface area contributed by atoms with Gasteiger partial charge in [0.25, 0.3) is 0 Å². The summed E-state index contributed by atoms with van der Waals surface area (Å²) in [5, 5.41) is 0. The standard InChI is InChI=1S/C19H22O2/c1-3-13-20-15-16-5-7-17(8-6-16)18-9-11-19(12-10-18)21-14-4-2/h3,5-12H,1,4,13-15H2,2H3. The predicted octanol–water partition coefficient (Wildman–Crippen LogP) is 4.85. The molecule has 2 aromatic rings.